The average molecular weight is 844 g/mol. The Kier molecular flexibility index (Phi) is 11.9. The summed E-state index contributed by atoms with van der Waals surface area (Å²) < 4.78 is 14.4. The zero-order chi connectivity index (χ0) is 43.1. The highest BCUT2D eigenvalue weighted by Gasteiger charge is 2.41. The lowest BCUT2D eigenvalue weighted by Crippen LogP contribution is -2.59. The van der Waals surface area contributed by atoms with Crippen LogP contribution in [0.15, 0.2) is 105 Å². The van der Waals surface area contributed by atoms with Gasteiger partial charge >= 0.3 is 11.8 Å². The summed E-state index contributed by atoms with van der Waals surface area (Å²) in [7, 11) is -2.26. The molecule has 5 heterocycles. The molecule has 1 amide bonds. The number of nitrogens with zero attached hydrogens (tertiary/aromatic N) is 3. The zero-order valence-corrected chi connectivity index (χ0v) is 36.7. The molecule has 0 spiro atoms. The third-order valence-corrected chi connectivity index (χ3v) is 17.8. The number of piperidine rings is 3. The van der Waals surface area contributed by atoms with Crippen molar-refractivity contribution in [1.82, 2.24) is 19.8 Å². The van der Waals surface area contributed by atoms with E-state index in [9.17, 15) is 24.6 Å². The number of fused-ring (bicyclic) bond motifs is 5. The number of carboxylic acid groups (broad SMARTS) is 1. The summed E-state index contributed by atoms with van der Waals surface area (Å²) in [5.74, 6) is -0.0742. The summed E-state index contributed by atoms with van der Waals surface area (Å²) in [5.41, 5.74) is 6.74. The number of aromatic hydroxyl groups is 1. The largest absolute Gasteiger partial charge is 0.506 e. The Morgan fingerprint density at radius 1 is 0.984 bits per heavy atom. The third-order valence-electron chi connectivity index (χ3n) is 13.3. The molecule has 320 valence electrons. The molecule has 4 N–H and O–H groups in total. The fourth-order valence-electron chi connectivity index (χ4n) is 8.95. The van der Waals surface area contributed by atoms with Crippen LogP contribution in [0.25, 0.3) is 33.1 Å². The molecule has 3 saturated heterocycles. The minimum Gasteiger partial charge on any atom is -0.506 e. The van der Waals surface area contributed by atoms with E-state index in [1.54, 1.807) is 21.6 Å². The summed E-state index contributed by atoms with van der Waals surface area (Å²) in [6.07, 6.45) is 2.04. The maximum Gasteiger partial charge on any atom is 0.419 e. The lowest BCUT2D eigenvalue weighted by Gasteiger charge is -2.48. The van der Waals surface area contributed by atoms with E-state index in [-0.39, 0.29) is 28.5 Å². The third kappa shape index (κ3) is 8.83. The van der Waals surface area contributed by atoms with Crippen LogP contribution in [0, 0.1) is 5.92 Å². The van der Waals surface area contributed by atoms with Crippen LogP contribution in [-0.4, -0.2) is 71.3 Å². The molecule has 2 atom stereocenters. The number of hydrogen-bond donors (Lipinski definition) is 4. The van der Waals surface area contributed by atoms with Gasteiger partial charge in [-0.25, -0.2) is 9.59 Å². The Hall–Kier alpha value is -5.47. The number of aromatic nitrogens is 2. The van der Waals surface area contributed by atoms with Gasteiger partial charge in [0.1, 0.15) is 5.75 Å². The Morgan fingerprint density at radius 3 is 2.44 bits per heavy atom. The quantitative estimate of drug-likeness (QED) is 0.0788. The molecule has 6 aromatic rings. The van der Waals surface area contributed by atoms with Crippen molar-refractivity contribution in [2.75, 3.05) is 31.1 Å². The molecule has 0 saturated carbocycles. The van der Waals surface area contributed by atoms with Crippen LogP contribution in [0.4, 0.5) is 10.5 Å². The summed E-state index contributed by atoms with van der Waals surface area (Å²) in [4.78, 5) is 45.2. The fraction of sp³-hybridized carbons (Fsp3) is 0.396. The van der Waals surface area contributed by atoms with Crippen LogP contribution in [0.1, 0.15) is 62.8 Å². The first kappa shape index (κ1) is 42.2. The maximum atomic E-state index is 13.2. The second kappa shape index (κ2) is 17.1. The van der Waals surface area contributed by atoms with Gasteiger partial charge < -0.3 is 34.3 Å². The van der Waals surface area contributed by atoms with Crippen LogP contribution < -0.4 is 21.5 Å². The topological polar surface area (TPSA) is 153 Å². The van der Waals surface area contributed by atoms with Crippen molar-refractivity contribution in [1.29, 1.82) is 0 Å². The van der Waals surface area contributed by atoms with Gasteiger partial charge in [0.05, 0.1) is 28.9 Å². The minimum absolute atomic E-state index is 0.00536. The van der Waals surface area contributed by atoms with Gasteiger partial charge in [-0.05, 0) is 115 Å². The molecule has 0 radical (unpaired) electrons. The SMILES string of the molecule is CC(C)(C)[Si](C)(C)O[C@@H](CNCc1ccc2c(c1)oc(=O)n2CCCc1ccc(-c2ccccc2)c(N(C(=O)O)C2CN3CCC2CC3)c1)c1ccc(O)c2[nH]c(=O)ccc12. The average Bonchev–Trinajstić information content (AvgIpc) is 3.54. The number of aromatic amines is 1. The van der Waals surface area contributed by atoms with E-state index in [1.807, 2.05) is 66.7 Å². The number of pyridine rings is 1. The highest BCUT2D eigenvalue weighted by Crippen LogP contribution is 2.42. The first-order valence-electron chi connectivity index (χ1n) is 21.5. The predicted octanol–water partition coefficient (Wildman–Crippen LogP) is 8.87. The molecule has 3 aliphatic rings. The van der Waals surface area contributed by atoms with Crippen molar-refractivity contribution in [3.8, 4) is 16.9 Å². The van der Waals surface area contributed by atoms with Gasteiger partial charge in [0.25, 0.3) is 0 Å². The van der Waals surface area contributed by atoms with E-state index in [2.05, 4.69) is 55.1 Å². The fourth-order valence-corrected chi connectivity index (χ4v) is 10.2. The molecule has 3 fully saturated rings. The van der Waals surface area contributed by atoms with Crippen molar-refractivity contribution >= 4 is 42.1 Å². The Bertz CT molecular complexity index is 2660. The predicted molar refractivity (Wildman–Crippen MR) is 243 cm³/mol. The standard InChI is InChI=1S/C48H57N5O7Si/c1-48(2,3)61(4,5)60-43(36-16-19-41(54)45-37(36)17-20-44(55)50-45)29-49-28-32-14-18-38-42(27-32)59-47(58)52(38)23-9-10-31-13-15-35(33-11-7-6-8-12-33)39(26-31)53(46(56)57)40-30-51-24-21-34(40)22-25-51/h6-8,11-20,26-27,34,40,43,49,54H,9-10,21-25,28-30H2,1-5H3,(H,50,55)(H,56,57)/t40?,43-/m0/s1. The van der Waals surface area contributed by atoms with Crippen molar-refractivity contribution in [2.45, 2.75) is 89.8 Å². The summed E-state index contributed by atoms with van der Waals surface area (Å²) in [5, 5.41) is 25.5. The number of nitrogens with one attached hydrogen (secondary N) is 2. The minimum atomic E-state index is -2.26. The van der Waals surface area contributed by atoms with Crippen LogP contribution in [0.5, 0.6) is 5.75 Å². The maximum absolute atomic E-state index is 13.2. The Morgan fingerprint density at radius 2 is 1.74 bits per heavy atom. The lowest BCUT2D eigenvalue weighted by atomic mass is 9.82. The Balaban J connectivity index is 0.975. The van der Waals surface area contributed by atoms with E-state index in [0.717, 1.165) is 71.2 Å². The smallest absolute Gasteiger partial charge is 0.419 e. The van der Waals surface area contributed by atoms with Gasteiger partial charge in [0.2, 0.25) is 5.56 Å². The van der Waals surface area contributed by atoms with E-state index in [0.29, 0.717) is 55.2 Å². The molecule has 2 bridgehead atoms. The van der Waals surface area contributed by atoms with Gasteiger partial charge in [-0.15, -0.1) is 0 Å². The first-order chi connectivity index (χ1) is 29.2. The lowest BCUT2D eigenvalue weighted by molar-refractivity contribution is 0.0837. The Labute approximate surface area is 356 Å². The summed E-state index contributed by atoms with van der Waals surface area (Å²) >= 11 is 0. The number of phenolic OH excluding ortho intramolecular Hbond substituents is 1. The second-order valence-electron chi connectivity index (χ2n) is 18.3. The molecular weight excluding hydrogens is 787 g/mol. The van der Waals surface area contributed by atoms with E-state index >= 15 is 0 Å². The number of anilines is 1. The number of oxazole rings is 1. The first-order valence-corrected chi connectivity index (χ1v) is 24.4. The highest BCUT2D eigenvalue weighted by atomic mass is 28.4. The number of phenols is 1. The molecule has 1 unspecified atom stereocenters. The molecule has 13 heteroatoms. The van der Waals surface area contributed by atoms with Crippen molar-refractivity contribution in [2.24, 2.45) is 5.92 Å². The number of carbonyl (C=O) groups is 1. The van der Waals surface area contributed by atoms with Gasteiger partial charge in [-0.1, -0.05) is 75.4 Å². The number of aryl methyl sites for hydroxylation is 2. The van der Waals surface area contributed by atoms with Crippen LogP contribution in [0.2, 0.25) is 18.1 Å². The van der Waals surface area contributed by atoms with Crippen molar-refractivity contribution in [3.63, 3.8) is 0 Å². The molecule has 4 aromatic carbocycles. The van der Waals surface area contributed by atoms with Gasteiger partial charge in [-0.3, -0.25) is 14.3 Å². The van der Waals surface area contributed by atoms with Crippen LogP contribution >= 0.6 is 0 Å². The van der Waals surface area contributed by atoms with Crippen molar-refractivity contribution in [3.05, 3.63) is 129 Å². The summed E-state index contributed by atoms with van der Waals surface area (Å²) in [6.45, 7) is 15.2. The van der Waals surface area contributed by atoms with Crippen molar-refractivity contribution < 1.29 is 23.9 Å². The number of hydrogen-bond acceptors (Lipinski definition) is 8. The number of rotatable bonds is 14. The second-order valence-corrected chi connectivity index (χ2v) is 23.0. The van der Waals surface area contributed by atoms with E-state index in [1.165, 1.54) is 6.07 Å². The zero-order valence-electron chi connectivity index (χ0n) is 35.7. The highest BCUT2D eigenvalue weighted by molar-refractivity contribution is 6.74. The van der Waals surface area contributed by atoms with Gasteiger partial charge in [0.15, 0.2) is 13.9 Å². The van der Waals surface area contributed by atoms with E-state index < -0.39 is 20.2 Å². The van der Waals surface area contributed by atoms with Gasteiger partial charge in [0, 0.05) is 43.2 Å². The summed E-state index contributed by atoms with van der Waals surface area (Å²) in [6, 6.07) is 28.5. The van der Waals surface area contributed by atoms with Crippen LogP contribution in [-0.2, 0) is 23.9 Å². The molecule has 2 aromatic heterocycles. The molecule has 61 heavy (non-hydrogen) atoms. The van der Waals surface area contributed by atoms with E-state index in [4.69, 9.17) is 8.84 Å². The molecule has 0 aliphatic carbocycles. The number of H-pyrrole nitrogens is 1. The van der Waals surface area contributed by atoms with Gasteiger partial charge in [-0.2, -0.15) is 0 Å². The monoisotopic (exact) mass is 843 g/mol. The van der Waals surface area contributed by atoms with Crippen LogP contribution in [0.3, 0.4) is 0 Å². The number of amides is 1. The molecule has 9 rings (SSSR count). The number of benzene rings is 4. The normalized spacial score (nSPS) is 18.5. The molecule has 12 nitrogen and oxygen atoms in total. The molecular formula is C48H57N5O7Si. The molecule has 3 aliphatic heterocycles.